The Labute approximate surface area is 134 Å². The first-order chi connectivity index (χ1) is 10.7. The lowest BCUT2D eigenvalue weighted by Gasteiger charge is -2.38. The number of carbonyl (C=O) groups excluding carboxylic acids is 1. The molecule has 4 fully saturated rings. The number of carbonyl (C=O) groups is 1. The van der Waals surface area contributed by atoms with Gasteiger partial charge in [-0.2, -0.15) is 0 Å². The lowest BCUT2D eigenvalue weighted by atomic mass is 9.67. The zero-order chi connectivity index (χ0) is 15.3. The van der Waals surface area contributed by atoms with Crippen molar-refractivity contribution in [2.75, 3.05) is 20.1 Å². The Morgan fingerprint density at radius 1 is 1.09 bits per heavy atom. The lowest BCUT2D eigenvalue weighted by Crippen LogP contribution is -2.51. The average Bonchev–Trinajstić information content (AvgIpc) is 3.04. The van der Waals surface area contributed by atoms with Crippen LogP contribution in [0.5, 0.6) is 0 Å². The van der Waals surface area contributed by atoms with Gasteiger partial charge in [-0.05, 0) is 50.6 Å². The molecule has 0 amide bonds. The van der Waals surface area contributed by atoms with Crippen LogP contribution in [-0.4, -0.2) is 49.1 Å². The van der Waals surface area contributed by atoms with Gasteiger partial charge < -0.3 is 5.32 Å². The minimum Gasteiger partial charge on any atom is -0.315 e. The van der Waals surface area contributed by atoms with E-state index in [2.05, 4.69) is 22.6 Å². The van der Waals surface area contributed by atoms with Crippen molar-refractivity contribution < 1.29 is 4.79 Å². The average molecular weight is 305 g/mol. The normalized spacial score (nSPS) is 46.5. The summed E-state index contributed by atoms with van der Waals surface area (Å²) in [7, 11) is 2.18. The molecule has 2 N–H and O–H groups in total. The molecule has 1 aliphatic carbocycles. The largest absolute Gasteiger partial charge is 0.315 e. The van der Waals surface area contributed by atoms with E-state index in [0.29, 0.717) is 29.8 Å². The first kappa shape index (κ1) is 15.1. The molecule has 0 aromatic carbocycles. The van der Waals surface area contributed by atoms with Gasteiger partial charge in [-0.15, -0.1) is 0 Å². The van der Waals surface area contributed by atoms with E-state index >= 15 is 0 Å². The second-order valence-corrected chi connectivity index (χ2v) is 8.15. The molecule has 3 aliphatic heterocycles. The van der Waals surface area contributed by atoms with Crippen molar-refractivity contribution in [3.63, 3.8) is 0 Å². The third kappa shape index (κ3) is 2.26. The molecule has 22 heavy (non-hydrogen) atoms. The lowest BCUT2D eigenvalue weighted by molar-refractivity contribution is -0.123. The van der Waals surface area contributed by atoms with E-state index in [4.69, 9.17) is 0 Å². The number of piperidine rings is 1. The Bertz CT molecular complexity index is 434. The second kappa shape index (κ2) is 5.88. The molecule has 4 aliphatic rings. The van der Waals surface area contributed by atoms with Gasteiger partial charge in [0.2, 0.25) is 0 Å². The summed E-state index contributed by atoms with van der Waals surface area (Å²) in [6.45, 7) is 4.07. The van der Waals surface area contributed by atoms with E-state index in [1.54, 1.807) is 0 Å². The minimum atomic E-state index is 0.154. The molecule has 3 heterocycles. The quantitative estimate of drug-likeness (QED) is 0.813. The van der Waals surface area contributed by atoms with Crippen molar-refractivity contribution in [1.82, 2.24) is 15.5 Å². The van der Waals surface area contributed by atoms with Crippen molar-refractivity contribution >= 4 is 5.78 Å². The first-order valence-corrected chi connectivity index (χ1v) is 9.37. The van der Waals surface area contributed by atoms with Crippen LogP contribution in [0.25, 0.3) is 0 Å². The highest BCUT2D eigenvalue weighted by molar-refractivity contribution is 5.82. The Morgan fingerprint density at radius 3 is 2.59 bits per heavy atom. The zero-order valence-corrected chi connectivity index (χ0v) is 14.1. The molecule has 0 aromatic rings. The van der Waals surface area contributed by atoms with Gasteiger partial charge in [-0.1, -0.05) is 32.1 Å². The van der Waals surface area contributed by atoms with Crippen molar-refractivity contribution in [2.45, 2.75) is 63.7 Å². The number of hydrogen-bond acceptors (Lipinski definition) is 4. The molecule has 3 saturated heterocycles. The predicted octanol–water partition coefficient (Wildman–Crippen LogP) is 1.61. The van der Waals surface area contributed by atoms with Crippen molar-refractivity contribution in [3.8, 4) is 0 Å². The Balaban J connectivity index is 1.65. The highest BCUT2D eigenvalue weighted by Gasteiger charge is 2.59. The molecule has 1 saturated carbocycles. The summed E-state index contributed by atoms with van der Waals surface area (Å²) in [6.07, 6.45) is 8.54. The highest BCUT2D eigenvalue weighted by atomic mass is 16.1. The third-order valence-corrected chi connectivity index (χ3v) is 7.08. The zero-order valence-electron chi connectivity index (χ0n) is 14.1. The summed E-state index contributed by atoms with van der Waals surface area (Å²) < 4.78 is 0. The van der Waals surface area contributed by atoms with Gasteiger partial charge in [0.25, 0.3) is 0 Å². The van der Waals surface area contributed by atoms with Gasteiger partial charge in [-0.3, -0.25) is 15.0 Å². The highest BCUT2D eigenvalue weighted by Crippen LogP contribution is 2.51. The number of Topliss-reactive ketones (excluding diaryl/α,β-unsaturated/α-hetero) is 1. The SMILES string of the molecule is CC(=O)C1C(C2CCCCC2)C2C3CCNCC3NC2N1C. The number of rotatable bonds is 2. The van der Waals surface area contributed by atoms with Gasteiger partial charge in [-0.25, -0.2) is 0 Å². The molecule has 4 heteroatoms. The smallest absolute Gasteiger partial charge is 0.147 e. The van der Waals surface area contributed by atoms with E-state index in [1.807, 2.05) is 6.92 Å². The van der Waals surface area contributed by atoms with E-state index in [-0.39, 0.29) is 6.04 Å². The van der Waals surface area contributed by atoms with Gasteiger partial charge in [0, 0.05) is 12.6 Å². The number of nitrogens with zero attached hydrogens (tertiary/aromatic N) is 1. The summed E-state index contributed by atoms with van der Waals surface area (Å²) in [5.74, 6) is 3.21. The number of fused-ring (bicyclic) bond motifs is 3. The van der Waals surface area contributed by atoms with Gasteiger partial charge >= 0.3 is 0 Å². The van der Waals surface area contributed by atoms with Crippen LogP contribution < -0.4 is 10.6 Å². The molecule has 4 nitrogen and oxygen atoms in total. The molecule has 6 atom stereocenters. The van der Waals surface area contributed by atoms with Crippen molar-refractivity contribution in [2.24, 2.45) is 23.7 Å². The van der Waals surface area contributed by atoms with Crippen LogP contribution in [0.2, 0.25) is 0 Å². The van der Waals surface area contributed by atoms with Crippen LogP contribution >= 0.6 is 0 Å². The first-order valence-electron chi connectivity index (χ1n) is 9.37. The van der Waals surface area contributed by atoms with Crippen LogP contribution in [0.3, 0.4) is 0 Å². The van der Waals surface area contributed by atoms with E-state index in [1.165, 1.54) is 38.5 Å². The van der Waals surface area contributed by atoms with Crippen LogP contribution in [0, 0.1) is 23.7 Å². The monoisotopic (exact) mass is 305 g/mol. The maximum absolute atomic E-state index is 12.4. The second-order valence-electron chi connectivity index (χ2n) is 8.15. The summed E-state index contributed by atoms with van der Waals surface area (Å²) in [5.41, 5.74) is 0. The molecule has 0 radical (unpaired) electrons. The van der Waals surface area contributed by atoms with Crippen LogP contribution in [0.1, 0.15) is 45.4 Å². The van der Waals surface area contributed by atoms with Crippen LogP contribution in [-0.2, 0) is 4.79 Å². The number of likely N-dealkylation sites (tertiary alicyclic amines) is 1. The summed E-state index contributed by atoms with van der Waals surface area (Å²) in [6, 6.07) is 0.770. The molecule has 4 rings (SSSR count). The maximum atomic E-state index is 12.4. The molecular formula is C18H31N3O. The molecular weight excluding hydrogens is 274 g/mol. The Hall–Kier alpha value is -0.450. The Morgan fingerprint density at radius 2 is 1.86 bits per heavy atom. The summed E-state index contributed by atoms with van der Waals surface area (Å²) in [4.78, 5) is 14.8. The van der Waals surface area contributed by atoms with E-state index in [9.17, 15) is 4.79 Å². The fourth-order valence-electron chi connectivity index (χ4n) is 6.28. The fraction of sp³-hybridized carbons (Fsp3) is 0.944. The van der Waals surface area contributed by atoms with Crippen molar-refractivity contribution in [1.29, 1.82) is 0 Å². The van der Waals surface area contributed by atoms with Crippen molar-refractivity contribution in [3.05, 3.63) is 0 Å². The van der Waals surface area contributed by atoms with Gasteiger partial charge in [0.1, 0.15) is 5.78 Å². The summed E-state index contributed by atoms with van der Waals surface area (Å²) >= 11 is 0. The molecule has 124 valence electrons. The number of hydrogen-bond donors (Lipinski definition) is 2. The van der Waals surface area contributed by atoms with Crippen LogP contribution in [0.4, 0.5) is 0 Å². The standard InChI is InChI=1S/C18H31N3O/c1-11(22)17-15(12-6-4-3-5-7-12)16-13-8-9-19-10-14(13)20-18(16)21(17)2/h12-20H,3-10H2,1-2H3. The van der Waals surface area contributed by atoms with Crippen LogP contribution in [0.15, 0.2) is 0 Å². The van der Waals surface area contributed by atoms with E-state index in [0.717, 1.165) is 24.9 Å². The molecule has 0 bridgehead atoms. The number of likely N-dealkylation sites (N-methyl/N-ethyl adjacent to an activating group) is 1. The van der Waals surface area contributed by atoms with Gasteiger partial charge in [0.05, 0.1) is 12.2 Å². The number of ketones is 1. The minimum absolute atomic E-state index is 0.154. The fourth-order valence-corrected chi connectivity index (χ4v) is 6.28. The van der Waals surface area contributed by atoms with Gasteiger partial charge in [0.15, 0.2) is 0 Å². The molecule has 6 unspecified atom stereocenters. The topological polar surface area (TPSA) is 44.4 Å². The van der Waals surface area contributed by atoms with E-state index < -0.39 is 0 Å². The Kier molecular flexibility index (Phi) is 4.04. The molecule has 0 aromatic heterocycles. The third-order valence-electron chi connectivity index (χ3n) is 7.08. The predicted molar refractivity (Wildman–Crippen MR) is 87.5 cm³/mol. The maximum Gasteiger partial charge on any atom is 0.147 e. The molecule has 0 spiro atoms. The summed E-state index contributed by atoms with van der Waals surface area (Å²) in [5, 5.41) is 7.41. The number of nitrogens with one attached hydrogen (secondary N) is 2.